The van der Waals surface area contributed by atoms with E-state index < -0.39 is 0 Å². The predicted octanol–water partition coefficient (Wildman–Crippen LogP) is 2.05. The summed E-state index contributed by atoms with van der Waals surface area (Å²) in [5.41, 5.74) is 1.08. The first kappa shape index (κ1) is 10.2. The summed E-state index contributed by atoms with van der Waals surface area (Å²) in [4.78, 5) is 0. The Kier molecular flexibility index (Phi) is 2.73. The highest BCUT2D eigenvalue weighted by molar-refractivity contribution is 5.78. The lowest BCUT2D eigenvalue weighted by atomic mass is 10.1. The third-order valence-corrected chi connectivity index (χ3v) is 2.68. The number of aromatic nitrogens is 2. The van der Waals surface area contributed by atoms with E-state index in [4.69, 9.17) is 0 Å². The molecule has 0 saturated heterocycles. The molecular weight excluding hydrogens is 188 g/mol. The highest BCUT2D eigenvalue weighted by Gasteiger charge is 2.11. The van der Waals surface area contributed by atoms with E-state index in [9.17, 15) is 5.11 Å². The number of hydrogen-bond acceptors (Lipinski definition) is 2. The molecule has 0 radical (unpaired) electrons. The Morgan fingerprint density at radius 2 is 2.07 bits per heavy atom. The zero-order chi connectivity index (χ0) is 10.8. The van der Waals surface area contributed by atoms with Crippen molar-refractivity contribution in [2.75, 3.05) is 0 Å². The Morgan fingerprint density at radius 3 is 2.80 bits per heavy atom. The third-order valence-electron chi connectivity index (χ3n) is 2.68. The van der Waals surface area contributed by atoms with Crippen molar-refractivity contribution in [3.63, 3.8) is 0 Å². The lowest BCUT2D eigenvalue weighted by Crippen LogP contribution is -2.22. The fourth-order valence-electron chi connectivity index (χ4n) is 1.56. The molecule has 1 atom stereocenters. The molecule has 0 amide bonds. The summed E-state index contributed by atoms with van der Waals surface area (Å²) in [5.74, 6) is 0.257. The van der Waals surface area contributed by atoms with Gasteiger partial charge >= 0.3 is 0 Å². The monoisotopic (exact) mass is 204 g/mol. The van der Waals surface area contributed by atoms with Gasteiger partial charge in [0.1, 0.15) is 0 Å². The highest BCUT2D eigenvalue weighted by atomic mass is 16.3. The molecule has 0 aliphatic carbocycles. The maximum absolute atomic E-state index is 9.80. The second-order valence-corrected chi connectivity index (χ2v) is 4.20. The molecule has 3 nitrogen and oxygen atoms in total. The van der Waals surface area contributed by atoms with Crippen molar-refractivity contribution in [1.82, 2.24) is 9.78 Å². The highest BCUT2D eigenvalue weighted by Crippen LogP contribution is 2.14. The van der Waals surface area contributed by atoms with Crippen LogP contribution in [0.2, 0.25) is 0 Å². The van der Waals surface area contributed by atoms with Gasteiger partial charge in [0.05, 0.1) is 24.4 Å². The van der Waals surface area contributed by atoms with Gasteiger partial charge in [0, 0.05) is 5.39 Å². The Morgan fingerprint density at radius 1 is 1.33 bits per heavy atom. The molecule has 1 unspecified atom stereocenters. The topological polar surface area (TPSA) is 38.0 Å². The number of aliphatic hydroxyl groups excluding tert-OH is 1. The van der Waals surface area contributed by atoms with E-state index in [2.05, 4.69) is 5.10 Å². The second-order valence-electron chi connectivity index (χ2n) is 4.20. The minimum Gasteiger partial charge on any atom is -0.391 e. The van der Waals surface area contributed by atoms with Crippen molar-refractivity contribution in [2.24, 2.45) is 5.92 Å². The quantitative estimate of drug-likeness (QED) is 0.831. The van der Waals surface area contributed by atoms with Gasteiger partial charge in [0.15, 0.2) is 0 Å². The number of hydrogen-bond donors (Lipinski definition) is 1. The van der Waals surface area contributed by atoms with Crippen molar-refractivity contribution in [2.45, 2.75) is 26.5 Å². The van der Waals surface area contributed by atoms with Gasteiger partial charge in [-0.3, -0.25) is 4.68 Å². The molecule has 80 valence electrons. The molecule has 2 rings (SSSR count). The summed E-state index contributed by atoms with van der Waals surface area (Å²) in [7, 11) is 0. The average Bonchev–Trinajstić information content (AvgIpc) is 2.62. The van der Waals surface area contributed by atoms with Gasteiger partial charge in [0.2, 0.25) is 0 Å². The SMILES string of the molecule is CC(C)C(O)Cn1ncc2ccccc21. The number of nitrogens with zero attached hydrogens (tertiary/aromatic N) is 2. The zero-order valence-electron chi connectivity index (χ0n) is 9.09. The van der Waals surface area contributed by atoms with E-state index in [1.165, 1.54) is 0 Å². The van der Waals surface area contributed by atoms with Gasteiger partial charge in [-0.15, -0.1) is 0 Å². The molecular formula is C12H16N2O. The first-order valence-electron chi connectivity index (χ1n) is 5.27. The van der Waals surface area contributed by atoms with Crippen LogP contribution in [0, 0.1) is 5.92 Å². The van der Waals surface area contributed by atoms with Crippen molar-refractivity contribution >= 4 is 10.9 Å². The molecule has 3 heteroatoms. The first-order chi connectivity index (χ1) is 7.18. The van der Waals surface area contributed by atoms with E-state index in [0.29, 0.717) is 6.54 Å². The molecule has 0 aliphatic rings. The molecule has 0 spiro atoms. The first-order valence-corrected chi connectivity index (χ1v) is 5.27. The molecule has 15 heavy (non-hydrogen) atoms. The van der Waals surface area contributed by atoms with E-state index >= 15 is 0 Å². The molecule has 0 aliphatic heterocycles. The number of fused-ring (bicyclic) bond motifs is 1. The van der Waals surface area contributed by atoms with E-state index in [0.717, 1.165) is 10.9 Å². The number of para-hydroxylation sites is 1. The van der Waals surface area contributed by atoms with Crippen LogP contribution in [0.3, 0.4) is 0 Å². The lowest BCUT2D eigenvalue weighted by molar-refractivity contribution is 0.104. The van der Waals surface area contributed by atoms with Gasteiger partial charge in [0.25, 0.3) is 0 Å². The summed E-state index contributed by atoms with van der Waals surface area (Å²) >= 11 is 0. The van der Waals surface area contributed by atoms with Gasteiger partial charge in [-0.05, 0) is 12.0 Å². The van der Waals surface area contributed by atoms with Crippen LogP contribution in [0.25, 0.3) is 10.9 Å². The minimum absolute atomic E-state index is 0.257. The number of rotatable bonds is 3. The van der Waals surface area contributed by atoms with Crippen molar-refractivity contribution < 1.29 is 5.11 Å². The van der Waals surface area contributed by atoms with Crippen LogP contribution < -0.4 is 0 Å². The normalized spacial score (nSPS) is 13.6. The zero-order valence-corrected chi connectivity index (χ0v) is 9.09. The molecule has 2 aromatic rings. The van der Waals surface area contributed by atoms with E-state index in [1.807, 2.05) is 49.0 Å². The van der Waals surface area contributed by atoms with Crippen LogP contribution in [0.15, 0.2) is 30.5 Å². The standard InChI is InChI=1S/C12H16N2O/c1-9(2)12(15)8-14-11-6-4-3-5-10(11)7-13-14/h3-7,9,12,15H,8H2,1-2H3. The Hall–Kier alpha value is -1.35. The fraction of sp³-hybridized carbons (Fsp3) is 0.417. The van der Waals surface area contributed by atoms with Crippen LogP contribution in [-0.2, 0) is 6.54 Å². The fourth-order valence-corrected chi connectivity index (χ4v) is 1.56. The Labute approximate surface area is 89.3 Å². The molecule has 0 fully saturated rings. The third kappa shape index (κ3) is 2.02. The summed E-state index contributed by atoms with van der Waals surface area (Å²) in [6.07, 6.45) is 1.50. The van der Waals surface area contributed by atoms with Crippen LogP contribution >= 0.6 is 0 Å². The minimum atomic E-state index is -0.340. The molecule has 1 aromatic carbocycles. The summed E-state index contributed by atoms with van der Waals surface area (Å²) in [6, 6.07) is 8.03. The van der Waals surface area contributed by atoms with Gasteiger partial charge in [-0.25, -0.2) is 0 Å². The molecule has 1 heterocycles. The van der Waals surface area contributed by atoms with Crippen molar-refractivity contribution in [1.29, 1.82) is 0 Å². The maximum Gasteiger partial charge on any atom is 0.0759 e. The van der Waals surface area contributed by atoms with Crippen LogP contribution in [0.4, 0.5) is 0 Å². The van der Waals surface area contributed by atoms with Crippen LogP contribution in [0.1, 0.15) is 13.8 Å². The number of aliphatic hydroxyl groups is 1. The Balaban J connectivity index is 2.29. The smallest absolute Gasteiger partial charge is 0.0759 e. The van der Waals surface area contributed by atoms with Gasteiger partial charge < -0.3 is 5.11 Å². The average molecular weight is 204 g/mol. The van der Waals surface area contributed by atoms with Crippen molar-refractivity contribution in [3.8, 4) is 0 Å². The molecule has 1 aromatic heterocycles. The predicted molar refractivity (Wildman–Crippen MR) is 60.6 cm³/mol. The van der Waals surface area contributed by atoms with Gasteiger partial charge in [-0.2, -0.15) is 5.10 Å². The lowest BCUT2D eigenvalue weighted by Gasteiger charge is -2.14. The van der Waals surface area contributed by atoms with Gasteiger partial charge in [-0.1, -0.05) is 32.0 Å². The molecule has 0 bridgehead atoms. The van der Waals surface area contributed by atoms with Crippen molar-refractivity contribution in [3.05, 3.63) is 30.5 Å². The summed E-state index contributed by atoms with van der Waals surface area (Å²) in [5, 5.41) is 15.2. The van der Waals surface area contributed by atoms with Crippen LogP contribution in [-0.4, -0.2) is 21.0 Å². The van der Waals surface area contributed by atoms with E-state index in [1.54, 1.807) is 0 Å². The second kappa shape index (κ2) is 4.03. The van der Waals surface area contributed by atoms with Crippen LogP contribution in [0.5, 0.6) is 0 Å². The summed E-state index contributed by atoms with van der Waals surface area (Å²) in [6.45, 7) is 4.58. The molecule has 1 N–H and O–H groups in total. The summed E-state index contributed by atoms with van der Waals surface area (Å²) < 4.78 is 1.86. The van der Waals surface area contributed by atoms with E-state index in [-0.39, 0.29) is 12.0 Å². The molecule has 0 saturated carbocycles. The number of benzene rings is 1. The maximum atomic E-state index is 9.80. The Bertz CT molecular complexity index is 448. The largest absolute Gasteiger partial charge is 0.391 e.